The van der Waals surface area contributed by atoms with Crippen LogP contribution < -0.4 is 4.90 Å². The molecule has 0 spiro atoms. The van der Waals surface area contributed by atoms with Gasteiger partial charge in [0.25, 0.3) is 0 Å². The van der Waals surface area contributed by atoms with Gasteiger partial charge in [0.2, 0.25) is 11.7 Å². The molecule has 0 unspecified atom stereocenters. The Hall–Kier alpha value is -3.70. The molecule has 1 heterocycles. The first-order valence-electron chi connectivity index (χ1n) is 8.74. The molecule has 0 N–H and O–H groups in total. The van der Waals surface area contributed by atoms with Crippen LogP contribution in [0.2, 0.25) is 0 Å². The van der Waals surface area contributed by atoms with E-state index in [1.807, 2.05) is 19.1 Å². The minimum Gasteiger partial charge on any atom is -0.288 e. The summed E-state index contributed by atoms with van der Waals surface area (Å²) in [5.74, 6) is -2.66. The average Bonchev–Trinajstić information content (AvgIpc) is 3.15. The summed E-state index contributed by atoms with van der Waals surface area (Å²) in [6, 6.07) is 11.6. The van der Waals surface area contributed by atoms with Crippen molar-refractivity contribution in [3.8, 4) is 6.07 Å². The Labute approximate surface area is 175 Å². The molecule has 1 amide bonds. The van der Waals surface area contributed by atoms with Gasteiger partial charge in [-0.1, -0.05) is 23.8 Å². The summed E-state index contributed by atoms with van der Waals surface area (Å²) in [6.07, 6.45) is 1.31. The molecule has 0 bridgehead atoms. The summed E-state index contributed by atoms with van der Waals surface area (Å²) in [6.45, 7) is 3.06. The number of hydrogen-bond donors (Lipinski definition) is 0. The lowest BCUT2D eigenvalue weighted by atomic mass is 10.0. The van der Waals surface area contributed by atoms with Gasteiger partial charge >= 0.3 is 0 Å². The van der Waals surface area contributed by atoms with Crippen molar-refractivity contribution in [2.75, 3.05) is 4.90 Å². The van der Waals surface area contributed by atoms with Crippen molar-refractivity contribution in [1.82, 2.24) is 4.98 Å². The quantitative estimate of drug-likeness (QED) is 0.321. The van der Waals surface area contributed by atoms with E-state index in [4.69, 9.17) is 0 Å². The van der Waals surface area contributed by atoms with Gasteiger partial charge in [-0.05, 0) is 31.2 Å². The van der Waals surface area contributed by atoms with Crippen molar-refractivity contribution >= 4 is 39.9 Å². The zero-order valence-corrected chi connectivity index (χ0v) is 16.8. The number of ketones is 1. The van der Waals surface area contributed by atoms with Gasteiger partial charge in [-0.25, -0.2) is 13.8 Å². The highest BCUT2D eigenvalue weighted by Gasteiger charge is 2.22. The fraction of sp³-hybridized carbons (Fsp3) is 0.0909. The second-order valence-corrected chi connectivity index (χ2v) is 7.21. The van der Waals surface area contributed by atoms with E-state index in [0.717, 1.165) is 33.9 Å². The van der Waals surface area contributed by atoms with E-state index in [2.05, 4.69) is 4.98 Å². The molecule has 3 rings (SSSR count). The van der Waals surface area contributed by atoms with E-state index in [0.29, 0.717) is 11.6 Å². The minimum atomic E-state index is -0.912. The SMILES string of the molecule is CC(=O)N(c1nc(/C=C(\C#N)C(=O)c2cccc(C)c2)cs1)c1ccc(F)cc1F. The zero-order chi connectivity index (χ0) is 21.8. The third kappa shape index (κ3) is 4.47. The Morgan fingerprint density at radius 1 is 1.20 bits per heavy atom. The number of carbonyl (C=O) groups excluding carboxylic acids is 2. The molecule has 8 heteroatoms. The van der Waals surface area contributed by atoms with E-state index in [-0.39, 0.29) is 22.1 Å². The number of carbonyl (C=O) groups is 2. The van der Waals surface area contributed by atoms with Crippen molar-refractivity contribution in [2.45, 2.75) is 13.8 Å². The molecule has 30 heavy (non-hydrogen) atoms. The largest absolute Gasteiger partial charge is 0.288 e. The van der Waals surface area contributed by atoms with E-state index in [1.54, 1.807) is 18.2 Å². The van der Waals surface area contributed by atoms with Crippen molar-refractivity contribution in [1.29, 1.82) is 5.26 Å². The molecule has 2 aromatic carbocycles. The monoisotopic (exact) mass is 423 g/mol. The minimum absolute atomic E-state index is 0.125. The smallest absolute Gasteiger partial charge is 0.230 e. The van der Waals surface area contributed by atoms with Crippen LogP contribution in [0.1, 0.15) is 28.5 Å². The number of halogens is 2. The van der Waals surface area contributed by atoms with E-state index in [1.165, 1.54) is 18.4 Å². The molecule has 1 aromatic heterocycles. The number of aryl methyl sites for hydroxylation is 1. The number of rotatable bonds is 5. The second-order valence-electron chi connectivity index (χ2n) is 6.37. The van der Waals surface area contributed by atoms with E-state index >= 15 is 0 Å². The Bertz CT molecular complexity index is 1210. The summed E-state index contributed by atoms with van der Waals surface area (Å²) < 4.78 is 27.4. The van der Waals surface area contributed by atoms with Crippen molar-refractivity contribution in [3.63, 3.8) is 0 Å². The maximum Gasteiger partial charge on any atom is 0.230 e. The molecule has 0 radical (unpaired) electrons. The number of amides is 1. The molecule has 5 nitrogen and oxygen atoms in total. The number of nitrogens with zero attached hydrogens (tertiary/aromatic N) is 3. The number of aromatic nitrogens is 1. The lowest BCUT2D eigenvalue weighted by Gasteiger charge is -2.18. The van der Waals surface area contributed by atoms with Crippen molar-refractivity contribution in [3.05, 3.63) is 81.9 Å². The van der Waals surface area contributed by atoms with Crippen molar-refractivity contribution in [2.24, 2.45) is 0 Å². The van der Waals surface area contributed by atoms with Crippen LogP contribution >= 0.6 is 11.3 Å². The summed E-state index contributed by atoms with van der Waals surface area (Å²) in [5.41, 5.74) is 1.25. The Kier molecular flexibility index (Phi) is 6.14. The van der Waals surface area contributed by atoms with Crippen LogP contribution in [-0.4, -0.2) is 16.7 Å². The number of nitriles is 1. The predicted molar refractivity (Wildman–Crippen MR) is 110 cm³/mol. The molecule has 0 aliphatic rings. The van der Waals surface area contributed by atoms with Gasteiger partial charge in [-0.2, -0.15) is 5.26 Å². The Balaban J connectivity index is 1.96. The highest BCUT2D eigenvalue weighted by atomic mass is 32.1. The first-order valence-corrected chi connectivity index (χ1v) is 9.62. The topological polar surface area (TPSA) is 74.1 Å². The van der Waals surface area contributed by atoms with Crippen LogP contribution in [0.5, 0.6) is 0 Å². The van der Waals surface area contributed by atoms with Crippen LogP contribution in [0.3, 0.4) is 0 Å². The molecule has 0 saturated carbocycles. The summed E-state index contributed by atoms with van der Waals surface area (Å²) in [4.78, 5) is 30.0. The number of thiazole rings is 1. The molecule has 0 atom stereocenters. The highest BCUT2D eigenvalue weighted by molar-refractivity contribution is 7.14. The standard InChI is InChI=1S/C22H15F2N3O2S/c1-13-4-3-5-15(8-13)21(29)16(11-25)9-18-12-30-22(26-18)27(14(2)28)20-7-6-17(23)10-19(20)24/h3-10,12H,1-2H3/b16-9+. The van der Waals surface area contributed by atoms with Gasteiger partial charge < -0.3 is 0 Å². The first kappa shape index (κ1) is 21.0. The Morgan fingerprint density at radius 3 is 2.60 bits per heavy atom. The summed E-state index contributed by atoms with van der Waals surface area (Å²) in [7, 11) is 0. The maximum absolute atomic E-state index is 14.2. The molecule has 3 aromatic rings. The third-order valence-corrected chi connectivity index (χ3v) is 4.95. The van der Waals surface area contributed by atoms with Crippen LogP contribution in [0, 0.1) is 29.9 Å². The number of hydrogen-bond acceptors (Lipinski definition) is 5. The van der Waals surface area contributed by atoms with Crippen LogP contribution in [0.15, 0.2) is 53.4 Å². The van der Waals surface area contributed by atoms with Gasteiger partial charge in [-0.15, -0.1) is 11.3 Å². The molecule has 0 saturated heterocycles. The van der Waals surface area contributed by atoms with Gasteiger partial charge in [-0.3, -0.25) is 14.5 Å². The number of anilines is 2. The number of Topliss-reactive ketones (excluding diaryl/α,β-unsaturated/α-hetero) is 1. The normalized spacial score (nSPS) is 11.1. The Morgan fingerprint density at radius 2 is 1.97 bits per heavy atom. The molecular weight excluding hydrogens is 408 g/mol. The molecule has 150 valence electrons. The molecular formula is C22H15F2N3O2S. The van der Waals surface area contributed by atoms with Crippen LogP contribution in [0.25, 0.3) is 6.08 Å². The molecule has 0 aliphatic carbocycles. The predicted octanol–water partition coefficient (Wildman–Crippen LogP) is 5.20. The lowest BCUT2D eigenvalue weighted by molar-refractivity contribution is -0.115. The maximum atomic E-state index is 14.2. The lowest BCUT2D eigenvalue weighted by Crippen LogP contribution is -2.23. The van der Waals surface area contributed by atoms with Crippen LogP contribution in [0.4, 0.5) is 19.6 Å². The molecule has 0 fully saturated rings. The third-order valence-electron chi connectivity index (χ3n) is 4.10. The number of benzene rings is 2. The van der Waals surface area contributed by atoms with E-state index in [9.17, 15) is 23.6 Å². The zero-order valence-electron chi connectivity index (χ0n) is 16.0. The van der Waals surface area contributed by atoms with Gasteiger partial charge in [0.05, 0.1) is 11.4 Å². The number of allylic oxidation sites excluding steroid dienone is 1. The summed E-state index contributed by atoms with van der Waals surface area (Å²) in [5, 5.41) is 11.1. The van der Waals surface area contributed by atoms with Crippen molar-refractivity contribution < 1.29 is 18.4 Å². The van der Waals surface area contributed by atoms with Gasteiger partial charge in [0.15, 0.2) is 5.13 Å². The summed E-state index contributed by atoms with van der Waals surface area (Å²) >= 11 is 1.02. The second kappa shape index (κ2) is 8.76. The molecule has 0 aliphatic heterocycles. The van der Waals surface area contributed by atoms with E-state index < -0.39 is 23.3 Å². The van der Waals surface area contributed by atoms with Crippen LogP contribution in [-0.2, 0) is 4.79 Å². The fourth-order valence-corrected chi connectivity index (χ4v) is 3.59. The van der Waals surface area contributed by atoms with Gasteiger partial charge in [0, 0.05) is 23.9 Å². The fourth-order valence-electron chi connectivity index (χ4n) is 2.75. The average molecular weight is 423 g/mol. The van der Waals surface area contributed by atoms with Gasteiger partial charge in [0.1, 0.15) is 23.3 Å². The first-order chi connectivity index (χ1) is 14.3. The highest BCUT2D eigenvalue weighted by Crippen LogP contribution is 2.31.